The van der Waals surface area contributed by atoms with E-state index in [4.69, 9.17) is 4.74 Å². The van der Waals surface area contributed by atoms with Crippen LogP contribution in [0.1, 0.15) is 18.4 Å². The van der Waals surface area contributed by atoms with Crippen molar-refractivity contribution in [3.8, 4) is 5.75 Å². The van der Waals surface area contributed by atoms with Gasteiger partial charge in [0.1, 0.15) is 18.2 Å². The number of nitrogens with one attached hydrogen (secondary N) is 1. The highest BCUT2D eigenvalue weighted by molar-refractivity contribution is 5.27. The molecule has 0 aliphatic heterocycles. The number of hydrogen-bond acceptors (Lipinski definition) is 2. The van der Waals surface area contributed by atoms with Gasteiger partial charge in [-0.25, -0.2) is 4.39 Å². The lowest BCUT2D eigenvalue weighted by atomic mass is 10.2. The van der Waals surface area contributed by atoms with Crippen LogP contribution in [0.25, 0.3) is 0 Å². The van der Waals surface area contributed by atoms with Crippen molar-refractivity contribution in [1.82, 2.24) is 5.32 Å². The molecule has 0 spiro atoms. The second kappa shape index (κ2) is 4.62. The van der Waals surface area contributed by atoms with Gasteiger partial charge in [0.2, 0.25) is 0 Å². The molecule has 0 bridgehead atoms. The number of aryl methyl sites for hydroxylation is 1. The summed E-state index contributed by atoms with van der Waals surface area (Å²) in [5.41, 5.74) is 0.651. The maximum Gasteiger partial charge on any atom is 0.129 e. The lowest BCUT2D eigenvalue weighted by Crippen LogP contribution is -2.22. The van der Waals surface area contributed by atoms with E-state index in [1.165, 1.54) is 18.9 Å². The van der Waals surface area contributed by atoms with Gasteiger partial charge in [-0.15, -0.1) is 0 Å². The Balaban J connectivity index is 1.74. The molecule has 1 fully saturated rings. The highest BCUT2D eigenvalue weighted by Gasteiger charge is 2.19. The van der Waals surface area contributed by atoms with Gasteiger partial charge in [0.15, 0.2) is 0 Å². The van der Waals surface area contributed by atoms with Crippen molar-refractivity contribution in [1.29, 1.82) is 0 Å². The molecule has 1 N–H and O–H groups in total. The topological polar surface area (TPSA) is 21.3 Å². The Kier molecular flexibility index (Phi) is 3.21. The first-order valence-electron chi connectivity index (χ1n) is 5.38. The fourth-order valence-corrected chi connectivity index (χ4v) is 1.38. The van der Waals surface area contributed by atoms with Gasteiger partial charge in [0.25, 0.3) is 0 Å². The molecule has 82 valence electrons. The molecule has 0 atom stereocenters. The molecule has 2 rings (SSSR count). The largest absolute Gasteiger partial charge is 0.492 e. The summed E-state index contributed by atoms with van der Waals surface area (Å²) in [6, 6.07) is 5.67. The summed E-state index contributed by atoms with van der Waals surface area (Å²) in [4.78, 5) is 0. The van der Waals surface area contributed by atoms with Gasteiger partial charge in [-0.1, -0.05) is 6.07 Å². The van der Waals surface area contributed by atoms with Crippen molar-refractivity contribution in [3.05, 3.63) is 29.6 Å². The van der Waals surface area contributed by atoms with Crippen molar-refractivity contribution in [2.24, 2.45) is 0 Å². The van der Waals surface area contributed by atoms with Crippen LogP contribution in [0.5, 0.6) is 5.75 Å². The van der Waals surface area contributed by atoms with Gasteiger partial charge in [-0.05, 0) is 31.4 Å². The van der Waals surface area contributed by atoms with E-state index >= 15 is 0 Å². The zero-order chi connectivity index (χ0) is 10.7. The van der Waals surface area contributed by atoms with Crippen LogP contribution in [0, 0.1) is 12.7 Å². The predicted molar refractivity (Wildman–Crippen MR) is 57.7 cm³/mol. The second-order valence-electron chi connectivity index (χ2n) is 3.99. The zero-order valence-corrected chi connectivity index (χ0v) is 8.92. The lowest BCUT2D eigenvalue weighted by molar-refractivity contribution is 0.312. The Labute approximate surface area is 89.4 Å². The van der Waals surface area contributed by atoms with E-state index in [1.807, 2.05) is 0 Å². The van der Waals surface area contributed by atoms with Crippen molar-refractivity contribution < 1.29 is 9.13 Å². The smallest absolute Gasteiger partial charge is 0.129 e. The number of benzene rings is 1. The van der Waals surface area contributed by atoms with Crippen molar-refractivity contribution in [2.75, 3.05) is 13.2 Å². The Hall–Kier alpha value is -1.09. The van der Waals surface area contributed by atoms with Crippen LogP contribution in [0.15, 0.2) is 18.2 Å². The minimum atomic E-state index is -0.206. The molecule has 0 saturated heterocycles. The van der Waals surface area contributed by atoms with Crippen molar-refractivity contribution in [2.45, 2.75) is 25.8 Å². The van der Waals surface area contributed by atoms with Crippen LogP contribution >= 0.6 is 0 Å². The average Bonchev–Trinajstić information content (AvgIpc) is 3.02. The van der Waals surface area contributed by atoms with Crippen LogP contribution in [-0.4, -0.2) is 19.2 Å². The maximum absolute atomic E-state index is 13.1. The van der Waals surface area contributed by atoms with E-state index in [-0.39, 0.29) is 5.82 Å². The van der Waals surface area contributed by atoms with E-state index in [0.717, 1.165) is 6.54 Å². The summed E-state index contributed by atoms with van der Waals surface area (Å²) in [7, 11) is 0. The van der Waals surface area contributed by atoms with Gasteiger partial charge >= 0.3 is 0 Å². The molecule has 1 aromatic carbocycles. The van der Waals surface area contributed by atoms with E-state index in [2.05, 4.69) is 5.32 Å². The Morgan fingerprint density at radius 3 is 2.93 bits per heavy atom. The molecule has 2 nitrogen and oxygen atoms in total. The number of hydrogen-bond donors (Lipinski definition) is 1. The number of halogens is 1. The molecule has 1 aliphatic rings. The summed E-state index contributed by atoms with van der Waals surface area (Å²) < 4.78 is 18.5. The summed E-state index contributed by atoms with van der Waals surface area (Å²) in [6.07, 6.45) is 2.55. The second-order valence-corrected chi connectivity index (χ2v) is 3.99. The van der Waals surface area contributed by atoms with Gasteiger partial charge in [0, 0.05) is 18.7 Å². The van der Waals surface area contributed by atoms with E-state index < -0.39 is 0 Å². The Bertz CT molecular complexity index is 336. The zero-order valence-electron chi connectivity index (χ0n) is 8.92. The predicted octanol–water partition coefficient (Wildman–Crippen LogP) is 2.26. The molecule has 1 aliphatic carbocycles. The standard InChI is InChI=1S/C12H16FNO/c1-9-2-5-11(8-12(9)13)15-7-6-14-10-3-4-10/h2,5,8,10,14H,3-4,6-7H2,1H3. The molecule has 1 saturated carbocycles. The molecule has 0 aromatic heterocycles. The molecule has 0 heterocycles. The SMILES string of the molecule is Cc1ccc(OCCNC2CC2)cc1F. The normalized spacial score (nSPS) is 15.3. The van der Waals surface area contributed by atoms with Crippen LogP contribution in [0.2, 0.25) is 0 Å². The van der Waals surface area contributed by atoms with Crippen molar-refractivity contribution >= 4 is 0 Å². The van der Waals surface area contributed by atoms with Gasteiger partial charge in [0.05, 0.1) is 0 Å². The molecule has 15 heavy (non-hydrogen) atoms. The van der Waals surface area contributed by atoms with Gasteiger partial charge in [-0.3, -0.25) is 0 Å². The molecule has 0 radical (unpaired) electrons. The average molecular weight is 209 g/mol. The van der Waals surface area contributed by atoms with E-state index in [9.17, 15) is 4.39 Å². The Morgan fingerprint density at radius 1 is 1.47 bits per heavy atom. The number of ether oxygens (including phenoxy) is 1. The quantitative estimate of drug-likeness (QED) is 0.751. The molecule has 0 unspecified atom stereocenters. The highest BCUT2D eigenvalue weighted by atomic mass is 19.1. The molecule has 1 aromatic rings. The maximum atomic E-state index is 13.1. The summed E-state index contributed by atoms with van der Waals surface area (Å²) in [6.45, 7) is 3.17. The van der Waals surface area contributed by atoms with E-state index in [0.29, 0.717) is 24.0 Å². The molecular weight excluding hydrogens is 193 g/mol. The molecule has 0 amide bonds. The Morgan fingerprint density at radius 2 is 2.27 bits per heavy atom. The van der Waals surface area contributed by atoms with Crippen LogP contribution in [0.4, 0.5) is 4.39 Å². The third-order valence-electron chi connectivity index (χ3n) is 2.52. The summed E-state index contributed by atoms with van der Waals surface area (Å²) >= 11 is 0. The lowest BCUT2D eigenvalue weighted by Gasteiger charge is -2.07. The van der Waals surface area contributed by atoms with Crippen LogP contribution in [-0.2, 0) is 0 Å². The minimum absolute atomic E-state index is 0.206. The van der Waals surface area contributed by atoms with Crippen LogP contribution < -0.4 is 10.1 Å². The summed E-state index contributed by atoms with van der Waals surface area (Å²) in [5, 5.41) is 3.33. The fourth-order valence-electron chi connectivity index (χ4n) is 1.38. The first kappa shape index (κ1) is 10.4. The fraction of sp³-hybridized carbons (Fsp3) is 0.500. The summed E-state index contributed by atoms with van der Waals surface area (Å²) in [5.74, 6) is 0.401. The first-order chi connectivity index (χ1) is 7.25. The van der Waals surface area contributed by atoms with Crippen molar-refractivity contribution in [3.63, 3.8) is 0 Å². The third-order valence-corrected chi connectivity index (χ3v) is 2.52. The molecular formula is C12H16FNO. The monoisotopic (exact) mass is 209 g/mol. The van der Waals surface area contributed by atoms with Crippen LogP contribution in [0.3, 0.4) is 0 Å². The molecule has 3 heteroatoms. The minimum Gasteiger partial charge on any atom is -0.492 e. The van der Waals surface area contributed by atoms with Gasteiger partial charge in [-0.2, -0.15) is 0 Å². The highest BCUT2D eigenvalue weighted by Crippen LogP contribution is 2.18. The first-order valence-corrected chi connectivity index (χ1v) is 5.38. The number of rotatable bonds is 5. The van der Waals surface area contributed by atoms with Gasteiger partial charge < -0.3 is 10.1 Å². The van der Waals surface area contributed by atoms with E-state index in [1.54, 1.807) is 19.1 Å². The third kappa shape index (κ3) is 3.20.